The second-order valence-electron chi connectivity index (χ2n) is 7.70. The molecule has 0 unspecified atom stereocenters. The molecule has 31 heavy (non-hydrogen) atoms. The van der Waals surface area contributed by atoms with Crippen LogP contribution in [-0.2, 0) is 14.3 Å². The highest BCUT2D eigenvalue weighted by atomic mass is 16.5. The molecule has 0 bridgehead atoms. The zero-order chi connectivity index (χ0) is 22.2. The number of esters is 1. The number of carbonyl (C=O) groups excluding carboxylic acids is 3. The van der Waals surface area contributed by atoms with Gasteiger partial charge < -0.3 is 14.4 Å². The predicted octanol–water partition coefficient (Wildman–Crippen LogP) is 4.20. The van der Waals surface area contributed by atoms with Gasteiger partial charge in [0, 0.05) is 18.5 Å². The van der Waals surface area contributed by atoms with Crippen LogP contribution in [0.4, 0.5) is 0 Å². The largest absolute Gasteiger partial charge is 0.497 e. The number of methoxy groups -OCH3 is 1. The average molecular weight is 424 g/mol. The molecule has 0 aromatic heterocycles. The van der Waals surface area contributed by atoms with Crippen molar-refractivity contribution in [3.05, 3.63) is 65.7 Å². The normalized spacial score (nSPS) is 18.5. The molecular formula is C25H29NO5. The van der Waals surface area contributed by atoms with E-state index in [1.54, 1.807) is 36.3 Å². The summed E-state index contributed by atoms with van der Waals surface area (Å²) in [4.78, 5) is 39.9. The van der Waals surface area contributed by atoms with Gasteiger partial charge >= 0.3 is 5.97 Å². The van der Waals surface area contributed by atoms with Gasteiger partial charge in [-0.25, -0.2) is 0 Å². The Kier molecular flexibility index (Phi) is 7.82. The first-order chi connectivity index (χ1) is 15.0. The molecule has 1 saturated heterocycles. The third-order valence-corrected chi connectivity index (χ3v) is 5.66. The van der Waals surface area contributed by atoms with E-state index in [-0.39, 0.29) is 18.3 Å². The first-order valence-corrected chi connectivity index (χ1v) is 10.7. The van der Waals surface area contributed by atoms with E-state index in [9.17, 15) is 14.4 Å². The third kappa shape index (κ3) is 5.51. The maximum Gasteiger partial charge on any atom is 0.311 e. The van der Waals surface area contributed by atoms with Crippen molar-refractivity contribution in [1.29, 1.82) is 0 Å². The lowest BCUT2D eigenvalue weighted by Gasteiger charge is -2.40. The fourth-order valence-corrected chi connectivity index (χ4v) is 3.96. The summed E-state index contributed by atoms with van der Waals surface area (Å²) in [7, 11) is 1.59. The van der Waals surface area contributed by atoms with E-state index in [4.69, 9.17) is 9.47 Å². The van der Waals surface area contributed by atoms with Crippen molar-refractivity contribution >= 4 is 17.7 Å². The monoisotopic (exact) mass is 423 g/mol. The topological polar surface area (TPSA) is 72.9 Å². The minimum Gasteiger partial charge on any atom is -0.497 e. The standard InChI is InChI=1S/C25H29NO5/c1-3-4-16-26-23(28)15-14-21(24(26)19-10-12-20(30-2)13-11-19)25(29)31-17-22(27)18-8-6-5-7-9-18/h5-13,21,24H,3-4,14-17H2,1-2H3/t21-,24+/m0/s1. The summed E-state index contributed by atoms with van der Waals surface area (Å²) < 4.78 is 10.7. The summed E-state index contributed by atoms with van der Waals surface area (Å²) in [5, 5.41) is 0. The molecule has 3 rings (SSSR count). The summed E-state index contributed by atoms with van der Waals surface area (Å²) in [5.41, 5.74) is 1.37. The fraction of sp³-hybridized carbons (Fsp3) is 0.400. The van der Waals surface area contributed by atoms with Gasteiger partial charge in [0.1, 0.15) is 5.75 Å². The van der Waals surface area contributed by atoms with Gasteiger partial charge in [-0.05, 0) is 30.5 Å². The average Bonchev–Trinajstić information content (AvgIpc) is 2.82. The van der Waals surface area contributed by atoms with Crippen molar-refractivity contribution < 1.29 is 23.9 Å². The molecule has 6 nitrogen and oxygen atoms in total. The first-order valence-electron chi connectivity index (χ1n) is 10.7. The highest BCUT2D eigenvalue weighted by Crippen LogP contribution is 2.38. The number of rotatable bonds is 9. The number of hydrogen-bond acceptors (Lipinski definition) is 5. The molecule has 0 saturated carbocycles. The van der Waals surface area contributed by atoms with Crippen LogP contribution in [0.3, 0.4) is 0 Å². The molecule has 0 aliphatic carbocycles. The molecule has 6 heteroatoms. The second kappa shape index (κ2) is 10.8. The van der Waals surface area contributed by atoms with Crippen LogP contribution < -0.4 is 4.74 Å². The van der Waals surface area contributed by atoms with Gasteiger partial charge in [-0.2, -0.15) is 0 Å². The highest BCUT2D eigenvalue weighted by molar-refractivity contribution is 5.98. The lowest BCUT2D eigenvalue weighted by atomic mass is 9.84. The van der Waals surface area contributed by atoms with Crippen molar-refractivity contribution in [2.75, 3.05) is 20.3 Å². The Bertz CT molecular complexity index is 894. The molecule has 2 aromatic rings. The summed E-state index contributed by atoms with van der Waals surface area (Å²) in [6.07, 6.45) is 2.49. The van der Waals surface area contributed by atoms with Crippen LogP contribution in [-0.4, -0.2) is 42.8 Å². The van der Waals surface area contributed by atoms with E-state index < -0.39 is 17.9 Å². The van der Waals surface area contributed by atoms with E-state index in [1.165, 1.54) is 0 Å². The maximum atomic E-state index is 13.0. The van der Waals surface area contributed by atoms with Crippen molar-refractivity contribution in [1.82, 2.24) is 4.90 Å². The van der Waals surface area contributed by atoms with Crippen LogP contribution in [0.15, 0.2) is 54.6 Å². The van der Waals surface area contributed by atoms with Crippen LogP contribution >= 0.6 is 0 Å². The number of benzene rings is 2. The van der Waals surface area contributed by atoms with Gasteiger partial charge in [0.15, 0.2) is 12.4 Å². The van der Waals surface area contributed by atoms with E-state index in [2.05, 4.69) is 6.92 Å². The fourth-order valence-electron chi connectivity index (χ4n) is 3.96. The zero-order valence-electron chi connectivity index (χ0n) is 18.1. The molecule has 0 spiro atoms. The number of ether oxygens (including phenoxy) is 2. The van der Waals surface area contributed by atoms with Crippen molar-refractivity contribution in [2.45, 2.75) is 38.6 Å². The first kappa shape index (κ1) is 22.5. The van der Waals surface area contributed by atoms with Gasteiger partial charge in [0.05, 0.1) is 19.1 Å². The van der Waals surface area contributed by atoms with Gasteiger partial charge in [-0.15, -0.1) is 0 Å². The number of amides is 1. The minimum absolute atomic E-state index is 0.0404. The number of carbonyl (C=O) groups is 3. The Balaban J connectivity index is 1.80. The summed E-state index contributed by atoms with van der Waals surface area (Å²) in [5.74, 6) is -0.465. The Morgan fingerprint density at radius 2 is 1.77 bits per heavy atom. The van der Waals surface area contributed by atoms with Crippen molar-refractivity contribution in [2.24, 2.45) is 5.92 Å². The van der Waals surface area contributed by atoms with Crippen LogP contribution in [0.25, 0.3) is 0 Å². The van der Waals surface area contributed by atoms with Crippen LogP contribution in [0.1, 0.15) is 54.6 Å². The van der Waals surface area contributed by atoms with Crippen molar-refractivity contribution in [3.63, 3.8) is 0 Å². The smallest absolute Gasteiger partial charge is 0.311 e. The summed E-state index contributed by atoms with van der Waals surface area (Å²) in [6.45, 7) is 2.34. The number of hydrogen-bond donors (Lipinski definition) is 0. The molecule has 0 N–H and O–H groups in total. The molecule has 1 amide bonds. The summed E-state index contributed by atoms with van der Waals surface area (Å²) >= 11 is 0. The number of nitrogens with zero attached hydrogens (tertiary/aromatic N) is 1. The van der Waals surface area contributed by atoms with Gasteiger partial charge in [0.25, 0.3) is 0 Å². The molecule has 2 atom stereocenters. The van der Waals surface area contributed by atoms with Gasteiger partial charge in [-0.1, -0.05) is 55.8 Å². The van der Waals surface area contributed by atoms with E-state index >= 15 is 0 Å². The van der Waals surface area contributed by atoms with Gasteiger partial charge in [0.2, 0.25) is 5.91 Å². The molecular weight excluding hydrogens is 394 g/mol. The number of piperidine rings is 1. The Hall–Kier alpha value is -3.15. The lowest BCUT2D eigenvalue weighted by molar-refractivity contribution is -0.156. The van der Waals surface area contributed by atoms with Crippen LogP contribution in [0.2, 0.25) is 0 Å². The van der Waals surface area contributed by atoms with E-state index in [1.807, 2.05) is 30.3 Å². The second-order valence-corrected chi connectivity index (χ2v) is 7.70. The number of ketones is 1. The Morgan fingerprint density at radius 3 is 2.42 bits per heavy atom. The van der Waals surface area contributed by atoms with Crippen molar-refractivity contribution in [3.8, 4) is 5.75 Å². The maximum absolute atomic E-state index is 13.0. The summed E-state index contributed by atoms with van der Waals surface area (Å²) in [6, 6.07) is 15.8. The highest BCUT2D eigenvalue weighted by Gasteiger charge is 2.41. The number of likely N-dealkylation sites (tertiary alicyclic amines) is 1. The number of Topliss-reactive ketones (excluding diaryl/α,β-unsaturated/α-hetero) is 1. The molecule has 164 valence electrons. The molecule has 1 fully saturated rings. The minimum atomic E-state index is -0.522. The Morgan fingerprint density at radius 1 is 1.06 bits per heavy atom. The molecule has 2 aromatic carbocycles. The van der Waals surface area contributed by atoms with Crippen LogP contribution in [0.5, 0.6) is 5.75 Å². The number of unbranched alkanes of at least 4 members (excludes halogenated alkanes) is 1. The Labute approximate surface area is 183 Å². The SMILES string of the molecule is CCCCN1C(=O)CC[C@H](C(=O)OCC(=O)c2ccccc2)[C@H]1c1ccc(OC)cc1. The van der Waals surface area contributed by atoms with E-state index in [0.29, 0.717) is 30.7 Å². The van der Waals surface area contributed by atoms with Crippen LogP contribution in [0, 0.1) is 5.92 Å². The molecule has 1 heterocycles. The van der Waals surface area contributed by atoms with Gasteiger partial charge in [-0.3, -0.25) is 14.4 Å². The third-order valence-electron chi connectivity index (χ3n) is 5.66. The molecule has 0 radical (unpaired) electrons. The predicted molar refractivity (Wildman–Crippen MR) is 117 cm³/mol. The zero-order valence-corrected chi connectivity index (χ0v) is 18.1. The molecule has 1 aliphatic heterocycles. The van der Waals surface area contributed by atoms with E-state index in [0.717, 1.165) is 18.4 Å². The molecule has 1 aliphatic rings. The quantitative estimate of drug-likeness (QED) is 0.446. The lowest BCUT2D eigenvalue weighted by Crippen LogP contribution is -2.46.